The van der Waals surface area contributed by atoms with Crippen molar-refractivity contribution in [2.45, 2.75) is 44.8 Å². The van der Waals surface area contributed by atoms with E-state index in [1.54, 1.807) is 18.3 Å². The number of hydrogen-bond acceptors (Lipinski definition) is 5. The molecule has 0 radical (unpaired) electrons. The second-order valence-corrected chi connectivity index (χ2v) is 9.69. The number of carbonyl (C=O) groups excluding carboxylic acids is 1. The van der Waals surface area contributed by atoms with Crippen molar-refractivity contribution in [2.24, 2.45) is 0 Å². The van der Waals surface area contributed by atoms with E-state index in [1.807, 2.05) is 19.9 Å². The number of aryl methyl sites for hydroxylation is 1. The van der Waals surface area contributed by atoms with E-state index in [0.717, 1.165) is 18.4 Å². The number of carbonyl (C=O) groups is 1. The number of rotatable bonds is 8. The number of imidazole rings is 1. The molecular weight excluding hydrogens is 502 g/mol. The lowest BCUT2D eigenvalue weighted by atomic mass is 10.0. The molecule has 11 heteroatoms. The third-order valence-corrected chi connectivity index (χ3v) is 6.33. The molecule has 2 aromatic heterocycles. The number of ether oxygens (including phenoxy) is 1. The van der Waals surface area contributed by atoms with Gasteiger partial charge in [-0.15, -0.1) is 5.10 Å². The Morgan fingerprint density at radius 2 is 1.95 bits per heavy atom. The minimum Gasteiger partial charge on any atom is -0.437 e. The van der Waals surface area contributed by atoms with Gasteiger partial charge in [0.15, 0.2) is 5.65 Å². The zero-order valence-electron chi connectivity index (χ0n) is 20.7. The third kappa shape index (κ3) is 5.87. The maximum Gasteiger partial charge on any atom is 0.390 e. The first-order chi connectivity index (χ1) is 18.0. The van der Waals surface area contributed by atoms with Gasteiger partial charge in [-0.25, -0.2) is 13.9 Å². The Bertz CT molecular complexity index is 1510. The van der Waals surface area contributed by atoms with Crippen LogP contribution in [-0.2, 0) is 0 Å². The van der Waals surface area contributed by atoms with Crippen LogP contribution in [0, 0.1) is 12.7 Å². The van der Waals surface area contributed by atoms with E-state index in [9.17, 15) is 22.4 Å². The van der Waals surface area contributed by atoms with Crippen molar-refractivity contribution in [1.29, 1.82) is 0 Å². The fraction of sp³-hybridized carbons (Fsp3) is 0.296. The Hall–Kier alpha value is -4.15. The largest absolute Gasteiger partial charge is 0.437 e. The van der Waals surface area contributed by atoms with E-state index in [0.29, 0.717) is 16.8 Å². The Labute approximate surface area is 215 Å². The van der Waals surface area contributed by atoms with Crippen molar-refractivity contribution >= 4 is 17.2 Å². The first kappa shape index (κ1) is 25.5. The van der Waals surface area contributed by atoms with E-state index >= 15 is 0 Å². The maximum absolute atomic E-state index is 13.6. The summed E-state index contributed by atoms with van der Waals surface area (Å²) in [7, 11) is 0. The van der Waals surface area contributed by atoms with E-state index in [-0.39, 0.29) is 41.0 Å². The number of amides is 1. The average Bonchev–Trinajstić information content (AvgIpc) is 3.39. The second-order valence-electron chi connectivity index (χ2n) is 9.69. The highest BCUT2D eigenvalue weighted by molar-refractivity contribution is 5.97. The number of fused-ring (bicyclic) bond motifs is 1. The van der Waals surface area contributed by atoms with Crippen LogP contribution in [0.15, 0.2) is 54.7 Å². The predicted molar refractivity (Wildman–Crippen MR) is 134 cm³/mol. The molecule has 7 nitrogen and oxygen atoms in total. The summed E-state index contributed by atoms with van der Waals surface area (Å²) >= 11 is 0. The van der Waals surface area contributed by atoms with Crippen LogP contribution in [0.1, 0.15) is 42.1 Å². The molecule has 1 amide bonds. The van der Waals surface area contributed by atoms with Gasteiger partial charge in [0, 0.05) is 35.3 Å². The van der Waals surface area contributed by atoms with Gasteiger partial charge in [-0.1, -0.05) is 12.1 Å². The average molecular weight is 528 g/mol. The van der Waals surface area contributed by atoms with Crippen molar-refractivity contribution < 1.29 is 27.1 Å². The summed E-state index contributed by atoms with van der Waals surface area (Å²) in [5.41, 5.74) is 2.94. The van der Waals surface area contributed by atoms with Crippen LogP contribution in [0.4, 0.5) is 23.2 Å². The van der Waals surface area contributed by atoms with Gasteiger partial charge in [-0.3, -0.25) is 4.79 Å². The number of hydrogen-bond donors (Lipinski definition) is 2. The van der Waals surface area contributed by atoms with E-state index in [2.05, 4.69) is 20.7 Å². The van der Waals surface area contributed by atoms with Gasteiger partial charge in [0.25, 0.3) is 5.91 Å². The molecule has 0 saturated heterocycles. The molecule has 38 heavy (non-hydrogen) atoms. The molecule has 0 atom stereocenters. The first-order valence-electron chi connectivity index (χ1n) is 12.1. The lowest BCUT2D eigenvalue weighted by molar-refractivity contribution is -0.131. The monoisotopic (exact) mass is 527 g/mol. The van der Waals surface area contributed by atoms with Crippen LogP contribution >= 0.6 is 0 Å². The molecule has 1 aliphatic carbocycles. The molecule has 1 fully saturated rings. The summed E-state index contributed by atoms with van der Waals surface area (Å²) in [6.45, 7) is 3.45. The molecule has 2 N–H and O–H groups in total. The number of alkyl halides is 3. The summed E-state index contributed by atoms with van der Waals surface area (Å²) in [4.78, 5) is 17.3. The lowest BCUT2D eigenvalue weighted by Crippen LogP contribution is -2.34. The highest BCUT2D eigenvalue weighted by Gasteiger charge is 2.39. The molecule has 1 aliphatic rings. The molecule has 0 unspecified atom stereocenters. The Morgan fingerprint density at radius 3 is 2.63 bits per heavy atom. The molecule has 2 heterocycles. The van der Waals surface area contributed by atoms with Crippen LogP contribution in [0.3, 0.4) is 0 Å². The summed E-state index contributed by atoms with van der Waals surface area (Å²) < 4.78 is 59.0. The van der Waals surface area contributed by atoms with E-state index in [1.165, 1.54) is 34.8 Å². The highest BCUT2D eigenvalue weighted by Crippen LogP contribution is 2.35. The zero-order chi connectivity index (χ0) is 27.1. The normalized spacial score (nSPS) is 14.4. The summed E-state index contributed by atoms with van der Waals surface area (Å²) in [6.07, 6.45) is -1.86. The summed E-state index contributed by atoms with van der Waals surface area (Å²) in [5, 5.41) is 10.2. The van der Waals surface area contributed by atoms with Crippen molar-refractivity contribution in [3.05, 3.63) is 71.7 Å². The third-order valence-electron chi connectivity index (χ3n) is 6.33. The molecular formula is C27H25F4N5O2. The van der Waals surface area contributed by atoms with E-state index in [4.69, 9.17) is 4.74 Å². The minimum absolute atomic E-state index is 0.0401. The second kappa shape index (κ2) is 9.62. The van der Waals surface area contributed by atoms with Gasteiger partial charge in [-0.2, -0.15) is 13.2 Å². The maximum atomic E-state index is 13.6. The predicted octanol–water partition coefficient (Wildman–Crippen LogP) is 6.28. The van der Waals surface area contributed by atoms with Crippen LogP contribution < -0.4 is 15.4 Å². The van der Waals surface area contributed by atoms with Crippen molar-refractivity contribution in [2.75, 3.05) is 11.9 Å². The number of aromatic nitrogens is 3. The number of anilines is 1. The Balaban J connectivity index is 1.47. The van der Waals surface area contributed by atoms with Gasteiger partial charge >= 0.3 is 6.18 Å². The quantitative estimate of drug-likeness (QED) is 0.264. The molecule has 1 saturated carbocycles. The minimum atomic E-state index is -4.33. The first-order valence-corrected chi connectivity index (χ1v) is 12.1. The molecule has 0 aliphatic heterocycles. The fourth-order valence-electron chi connectivity index (χ4n) is 3.99. The molecule has 0 spiro atoms. The van der Waals surface area contributed by atoms with Gasteiger partial charge in [-0.05, 0) is 56.5 Å². The molecule has 198 valence electrons. The summed E-state index contributed by atoms with van der Waals surface area (Å²) in [6, 6.07) is 12.2. The number of benzene rings is 2. The van der Waals surface area contributed by atoms with Crippen molar-refractivity contribution in [3.8, 4) is 22.9 Å². The van der Waals surface area contributed by atoms with Crippen LogP contribution in [-0.4, -0.2) is 38.8 Å². The number of nitrogens with one attached hydrogen (secondary N) is 2. The highest BCUT2D eigenvalue weighted by atomic mass is 19.4. The van der Waals surface area contributed by atoms with Crippen LogP contribution in [0.5, 0.6) is 11.6 Å². The lowest BCUT2D eigenvalue weighted by Gasteiger charge is -2.13. The Kier molecular flexibility index (Phi) is 6.46. The SMILES string of the molecule is Cc1cc(-c2cn3nc(Oc4cccc(F)c4)cc(NCCC(F)(F)F)c3n2)ccc1C(=O)NC1(C)CC1. The fourth-order valence-corrected chi connectivity index (χ4v) is 3.99. The van der Waals surface area contributed by atoms with Gasteiger partial charge in [0.1, 0.15) is 11.6 Å². The van der Waals surface area contributed by atoms with Gasteiger partial charge < -0.3 is 15.4 Å². The number of nitrogens with zero attached hydrogens (tertiary/aromatic N) is 3. The van der Waals surface area contributed by atoms with Gasteiger partial charge in [0.05, 0.1) is 24.0 Å². The van der Waals surface area contributed by atoms with Gasteiger partial charge in [0.2, 0.25) is 5.88 Å². The smallest absolute Gasteiger partial charge is 0.390 e. The zero-order valence-corrected chi connectivity index (χ0v) is 20.7. The molecule has 5 rings (SSSR count). The summed E-state index contributed by atoms with van der Waals surface area (Å²) in [5.74, 6) is -0.418. The van der Waals surface area contributed by atoms with E-state index < -0.39 is 18.4 Å². The Morgan fingerprint density at radius 1 is 1.16 bits per heavy atom. The molecule has 2 aromatic carbocycles. The molecule has 0 bridgehead atoms. The van der Waals surface area contributed by atoms with Crippen molar-refractivity contribution in [3.63, 3.8) is 0 Å². The van der Waals surface area contributed by atoms with Crippen molar-refractivity contribution in [1.82, 2.24) is 19.9 Å². The topological polar surface area (TPSA) is 80.6 Å². The standard InChI is InChI=1S/C27H25F4N5O2/c1-16-12-17(6-7-20(16)25(37)34-26(2)8-9-26)22-15-36-24(33-22)21(32-11-10-27(29,30)31)14-23(35-36)38-19-5-3-4-18(28)13-19/h3-7,12-15,32H,8-11H2,1-2H3,(H,34,37). The number of halogens is 4. The van der Waals surface area contributed by atoms with Crippen LogP contribution in [0.2, 0.25) is 0 Å². The van der Waals surface area contributed by atoms with Crippen LogP contribution in [0.25, 0.3) is 16.9 Å². The molecule has 4 aromatic rings.